The zero-order valence-electron chi connectivity index (χ0n) is 14.8. The Labute approximate surface area is 162 Å². The van der Waals surface area contributed by atoms with Crippen LogP contribution >= 0.6 is 11.6 Å². The molecule has 1 amide bonds. The number of anilines is 1. The Morgan fingerprint density at radius 2 is 1.81 bits per heavy atom. The molecule has 0 bridgehead atoms. The molecule has 0 unspecified atom stereocenters. The van der Waals surface area contributed by atoms with Gasteiger partial charge >= 0.3 is 5.97 Å². The molecule has 0 aliphatic rings. The zero-order valence-corrected chi connectivity index (χ0v) is 16.4. The van der Waals surface area contributed by atoms with Gasteiger partial charge in [0.05, 0.1) is 24.6 Å². The van der Waals surface area contributed by atoms with Crippen LogP contribution < -0.4 is 9.62 Å². The van der Waals surface area contributed by atoms with Gasteiger partial charge < -0.3 is 10.1 Å². The van der Waals surface area contributed by atoms with Crippen LogP contribution in [0.1, 0.15) is 15.9 Å². The van der Waals surface area contributed by atoms with Crippen molar-refractivity contribution in [2.45, 2.75) is 6.54 Å². The summed E-state index contributed by atoms with van der Waals surface area (Å²) < 4.78 is 29.7. The molecule has 0 aliphatic heterocycles. The Morgan fingerprint density at radius 3 is 2.37 bits per heavy atom. The summed E-state index contributed by atoms with van der Waals surface area (Å²) in [7, 11) is -2.37. The fourth-order valence-corrected chi connectivity index (χ4v) is 3.33. The van der Waals surface area contributed by atoms with Gasteiger partial charge in [0.2, 0.25) is 15.9 Å². The molecule has 0 saturated carbocycles. The molecule has 27 heavy (non-hydrogen) atoms. The number of halogens is 1. The molecule has 9 heteroatoms. The number of hydrogen-bond acceptors (Lipinski definition) is 5. The number of ether oxygens (including phenoxy) is 1. The van der Waals surface area contributed by atoms with E-state index in [0.29, 0.717) is 16.3 Å². The number of methoxy groups -OCH3 is 1. The Kier molecular flexibility index (Phi) is 6.81. The molecule has 144 valence electrons. The lowest BCUT2D eigenvalue weighted by atomic mass is 10.1. The summed E-state index contributed by atoms with van der Waals surface area (Å²) in [5.74, 6) is -0.923. The average Bonchev–Trinajstić information content (AvgIpc) is 2.63. The van der Waals surface area contributed by atoms with Gasteiger partial charge in [0.15, 0.2) is 0 Å². The summed E-state index contributed by atoms with van der Waals surface area (Å²) in [6.45, 7) is -0.188. The lowest BCUT2D eigenvalue weighted by molar-refractivity contribution is -0.119. The van der Waals surface area contributed by atoms with Crippen molar-refractivity contribution in [3.63, 3.8) is 0 Å². The summed E-state index contributed by atoms with van der Waals surface area (Å²) in [4.78, 5) is 23.6. The summed E-state index contributed by atoms with van der Waals surface area (Å²) in [6, 6.07) is 12.8. The number of rotatable bonds is 7. The highest BCUT2D eigenvalue weighted by Gasteiger charge is 2.21. The molecule has 0 atom stereocenters. The molecule has 0 saturated heterocycles. The Morgan fingerprint density at radius 1 is 1.15 bits per heavy atom. The largest absolute Gasteiger partial charge is 0.465 e. The van der Waals surface area contributed by atoms with Crippen LogP contribution in [0.25, 0.3) is 0 Å². The molecule has 2 aromatic carbocycles. The highest BCUT2D eigenvalue weighted by molar-refractivity contribution is 7.92. The van der Waals surface area contributed by atoms with E-state index in [9.17, 15) is 18.0 Å². The van der Waals surface area contributed by atoms with E-state index in [-0.39, 0.29) is 13.1 Å². The summed E-state index contributed by atoms with van der Waals surface area (Å²) >= 11 is 5.91. The minimum Gasteiger partial charge on any atom is -0.465 e. The van der Waals surface area contributed by atoms with E-state index >= 15 is 0 Å². The third-order valence-electron chi connectivity index (χ3n) is 3.65. The van der Waals surface area contributed by atoms with Crippen molar-refractivity contribution in [1.29, 1.82) is 0 Å². The summed E-state index contributed by atoms with van der Waals surface area (Å²) in [5.41, 5.74) is 1.46. The Bertz CT molecular complexity index is 929. The van der Waals surface area contributed by atoms with Gasteiger partial charge in [0, 0.05) is 11.6 Å². The van der Waals surface area contributed by atoms with E-state index in [1.165, 1.54) is 13.2 Å². The van der Waals surface area contributed by atoms with Crippen LogP contribution in [0.3, 0.4) is 0 Å². The molecule has 0 spiro atoms. The van der Waals surface area contributed by atoms with Crippen LogP contribution in [-0.2, 0) is 26.1 Å². The topological polar surface area (TPSA) is 92.8 Å². The molecular formula is C18H19ClN2O5S. The third-order valence-corrected chi connectivity index (χ3v) is 5.02. The van der Waals surface area contributed by atoms with Gasteiger partial charge in [-0.3, -0.25) is 9.10 Å². The molecule has 7 nitrogen and oxygen atoms in total. The summed E-state index contributed by atoms with van der Waals surface area (Å²) in [6.07, 6.45) is 1.02. The van der Waals surface area contributed by atoms with E-state index in [1.807, 2.05) is 0 Å². The number of esters is 1. The lowest BCUT2D eigenvalue weighted by Gasteiger charge is -2.22. The molecule has 0 radical (unpaired) electrons. The summed E-state index contributed by atoms with van der Waals surface area (Å²) in [5, 5.41) is 3.02. The molecule has 2 aromatic rings. The first kappa shape index (κ1) is 20.7. The number of nitrogens with one attached hydrogen (secondary N) is 1. The molecule has 2 rings (SSSR count). The standard InChI is InChI=1S/C18H19ClN2O5S/c1-26-18(23)14-8-6-13(7-9-14)11-20-17(22)12-21(27(2,24)25)16-5-3-4-15(19)10-16/h3-10H,11-12H2,1-2H3,(H,20,22). The quantitative estimate of drug-likeness (QED) is 0.706. The van der Waals surface area contributed by atoms with Gasteiger partial charge in [-0.05, 0) is 35.9 Å². The monoisotopic (exact) mass is 410 g/mol. The minimum absolute atomic E-state index is 0.188. The number of nitrogens with zero attached hydrogens (tertiary/aromatic N) is 1. The zero-order chi connectivity index (χ0) is 20.0. The van der Waals surface area contributed by atoms with Crippen molar-refractivity contribution in [2.75, 3.05) is 24.2 Å². The Hall–Kier alpha value is -2.58. The van der Waals surface area contributed by atoms with Crippen molar-refractivity contribution in [3.05, 3.63) is 64.7 Å². The van der Waals surface area contributed by atoms with E-state index in [4.69, 9.17) is 11.6 Å². The van der Waals surface area contributed by atoms with Crippen molar-refractivity contribution >= 4 is 39.2 Å². The maximum Gasteiger partial charge on any atom is 0.337 e. The van der Waals surface area contributed by atoms with Crippen LogP contribution in [0.2, 0.25) is 5.02 Å². The highest BCUT2D eigenvalue weighted by atomic mass is 35.5. The van der Waals surface area contributed by atoms with Crippen molar-refractivity contribution in [1.82, 2.24) is 5.32 Å². The first-order valence-corrected chi connectivity index (χ1v) is 10.1. The maximum atomic E-state index is 12.2. The number of amides is 1. The van der Waals surface area contributed by atoms with Crippen LogP contribution in [0, 0.1) is 0 Å². The maximum absolute atomic E-state index is 12.2. The van der Waals surface area contributed by atoms with E-state index < -0.39 is 21.9 Å². The second kappa shape index (κ2) is 8.88. The first-order valence-electron chi connectivity index (χ1n) is 7.88. The second-order valence-corrected chi connectivity index (χ2v) is 8.06. The molecule has 1 N–H and O–H groups in total. The average molecular weight is 411 g/mol. The fourth-order valence-electron chi connectivity index (χ4n) is 2.29. The normalized spacial score (nSPS) is 10.9. The first-order chi connectivity index (χ1) is 12.7. The van der Waals surface area contributed by atoms with Crippen LogP contribution in [0.5, 0.6) is 0 Å². The van der Waals surface area contributed by atoms with Crippen molar-refractivity contribution < 1.29 is 22.7 Å². The Balaban J connectivity index is 2.03. The van der Waals surface area contributed by atoms with Crippen molar-refractivity contribution in [3.8, 4) is 0 Å². The van der Waals surface area contributed by atoms with Gasteiger partial charge in [-0.25, -0.2) is 13.2 Å². The highest BCUT2D eigenvalue weighted by Crippen LogP contribution is 2.21. The molecule has 0 aliphatic carbocycles. The van der Waals surface area contributed by atoms with Gasteiger partial charge in [-0.15, -0.1) is 0 Å². The van der Waals surface area contributed by atoms with Gasteiger partial charge in [-0.1, -0.05) is 29.8 Å². The van der Waals surface area contributed by atoms with Gasteiger partial charge in [-0.2, -0.15) is 0 Å². The van der Waals surface area contributed by atoms with Gasteiger partial charge in [0.25, 0.3) is 0 Å². The predicted molar refractivity (Wildman–Crippen MR) is 103 cm³/mol. The van der Waals surface area contributed by atoms with E-state index in [2.05, 4.69) is 10.1 Å². The number of benzene rings is 2. The van der Waals surface area contributed by atoms with Crippen LogP contribution in [-0.4, -0.2) is 40.2 Å². The molecular weight excluding hydrogens is 392 g/mol. The van der Waals surface area contributed by atoms with Crippen LogP contribution in [0.15, 0.2) is 48.5 Å². The number of sulfonamides is 1. The van der Waals surface area contributed by atoms with Crippen molar-refractivity contribution in [2.24, 2.45) is 0 Å². The molecule has 0 heterocycles. The number of hydrogen-bond donors (Lipinski definition) is 1. The van der Waals surface area contributed by atoms with Gasteiger partial charge in [0.1, 0.15) is 6.54 Å². The SMILES string of the molecule is COC(=O)c1ccc(CNC(=O)CN(c2cccc(Cl)c2)S(C)(=O)=O)cc1. The van der Waals surface area contributed by atoms with E-state index in [0.717, 1.165) is 16.1 Å². The third kappa shape index (κ3) is 5.97. The lowest BCUT2D eigenvalue weighted by Crippen LogP contribution is -2.40. The van der Waals surface area contributed by atoms with E-state index in [1.54, 1.807) is 42.5 Å². The minimum atomic E-state index is -3.67. The molecule has 0 aromatic heterocycles. The second-order valence-electron chi connectivity index (χ2n) is 5.71. The molecule has 0 fully saturated rings. The smallest absolute Gasteiger partial charge is 0.337 e. The fraction of sp³-hybridized carbons (Fsp3) is 0.222. The number of carbonyl (C=O) groups is 2. The number of carbonyl (C=O) groups excluding carboxylic acids is 2. The predicted octanol–water partition coefficient (Wildman–Crippen LogP) is 2.21. The van der Waals surface area contributed by atoms with Crippen LogP contribution in [0.4, 0.5) is 5.69 Å².